The van der Waals surface area contributed by atoms with Gasteiger partial charge in [0.2, 0.25) is 0 Å². The highest BCUT2D eigenvalue weighted by Gasteiger charge is 2.37. The first-order valence-corrected chi connectivity index (χ1v) is 7.78. The Labute approximate surface area is 134 Å². The van der Waals surface area contributed by atoms with Crippen LogP contribution in [-0.4, -0.2) is 13.1 Å². The van der Waals surface area contributed by atoms with Crippen LogP contribution in [0.3, 0.4) is 0 Å². The molecule has 0 radical (unpaired) electrons. The molecule has 1 fully saturated rings. The largest absolute Gasteiger partial charge is 0.316 e. The quantitative estimate of drug-likeness (QED) is 0.933. The van der Waals surface area contributed by atoms with Crippen molar-refractivity contribution < 1.29 is 8.78 Å². The lowest BCUT2D eigenvalue weighted by Gasteiger charge is -2.30. The summed E-state index contributed by atoms with van der Waals surface area (Å²) in [5.74, 6) is -0.297. The van der Waals surface area contributed by atoms with Crippen LogP contribution in [0.25, 0.3) is 0 Å². The number of hydrogen-bond acceptors (Lipinski definition) is 2. The van der Waals surface area contributed by atoms with E-state index in [1.165, 1.54) is 24.3 Å². The molecule has 0 bridgehead atoms. The second-order valence-electron chi connectivity index (χ2n) is 6.09. The SMILES string of the molecule is N#CC(CC1CCNC1)(c1ccc(F)cc1)c1ccc(F)cc1. The Hall–Kier alpha value is -2.25. The van der Waals surface area contributed by atoms with Gasteiger partial charge in [-0.2, -0.15) is 5.26 Å². The van der Waals surface area contributed by atoms with Crippen molar-refractivity contribution in [1.82, 2.24) is 5.32 Å². The monoisotopic (exact) mass is 312 g/mol. The van der Waals surface area contributed by atoms with Crippen LogP contribution >= 0.6 is 0 Å². The molecule has 0 amide bonds. The maximum atomic E-state index is 13.3. The van der Waals surface area contributed by atoms with Gasteiger partial charge < -0.3 is 5.32 Å². The summed E-state index contributed by atoms with van der Waals surface area (Å²) < 4.78 is 26.6. The van der Waals surface area contributed by atoms with Gasteiger partial charge in [-0.15, -0.1) is 0 Å². The van der Waals surface area contributed by atoms with E-state index in [9.17, 15) is 14.0 Å². The summed E-state index contributed by atoms with van der Waals surface area (Å²) in [6.45, 7) is 1.81. The molecular formula is C19H18F2N2. The summed E-state index contributed by atoms with van der Waals surface area (Å²) in [4.78, 5) is 0. The summed E-state index contributed by atoms with van der Waals surface area (Å²) in [5, 5.41) is 13.3. The van der Waals surface area contributed by atoms with E-state index in [4.69, 9.17) is 0 Å². The molecule has 1 aliphatic heterocycles. The highest BCUT2D eigenvalue weighted by Crippen LogP contribution is 2.39. The van der Waals surface area contributed by atoms with E-state index in [1.807, 2.05) is 0 Å². The van der Waals surface area contributed by atoms with Gasteiger partial charge in [0.1, 0.15) is 17.0 Å². The van der Waals surface area contributed by atoms with Crippen molar-refractivity contribution in [2.45, 2.75) is 18.3 Å². The smallest absolute Gasteiger partial charge is 0.123 e. The fourth-order valence-corrected chi connectivity index (χ4v) is 3.37. The van der Waals surface area contributed by atoms with E-state index in [1.54, 1.807) is 24.3 Å². The maximum absolute atomic E-state index is 13.3. The molecule has 23 heavy (non-hydrogen) atoms. The van der Waals surface area contributed by atoms with Gasteiger partial charge in [-0.25, -0.2) is 8.78 Å². The molecule has 2 nitrogen and oxygen atoms in total. The lowest BCUT2D eigenvalue weighted by Crippen LogP contribution is -2.30. The molecule has 1 N–H and O–H groups in total. The third-order valence-electron chi connectivity index (χ3n) is 4.62. The highest BCUT2D eigenvalue weighted by atomic mass is 19.1. The van der Waals surface area contributed by atoms with Crippen molar-refractivity contribution in [3.63, 3.8) is 0 Å². The number of halogens is 2. The molecule has 118 valence electrons. The summed E-state index contributed by atoms with van der Waals surface area (Å²) in [5.41, 5.74) is 0.609. The highest BCUT2D eigenvalue weighted by molar-refractivity contribution is 5.46. The van der Waals surface area contributed by atoms with Crippen LogP contribution in [0.15, 0.2) is 48.5 Å². The average molecular weight is 312 g/mol. The molecule has 1 atom stereocenters. The van der Waals surface area contributed by atoms with E-state index in [0.717, 1.165) is 30.6 Å². The van der Waals surface area contributed by atoms with E-state index < -0.39 is 5.41 Å². The first-order valence-electron chi connectivity index (χ1n) is 7.78. The minimum Gasteiger partial charge on any atom is -0.316 e. The molecule has 3 rings (SSSR count). The van der Waals surface area contributed by atoms with Gasteiger partial charge in [-0.1, -0.05) is 24.3 Å². The van der Waals surface area contributed by atoms with Crippen LogP contribution in [-0.2, 0) is 5.41 Å². The molecule has 0 aromatic heterocycles. The maximum Gasteiger partial charge on any atom is 0.123 e. The van der Waals surface area contributed by atoms with Crippen LogP contribution in [0.5, 0.6) is 0 Å². The lowest BCUT2D eigenvalue weighted by molar-refractivity contribution is 0.441. The summed E-state index contributed by atoms with van der Waals surface area (Å²) in [6, 6.07) is 14.6. The van der Waals surface area contributed by atoms with Crippen LogP contribution < -0.4 is 5.32 Å². The van der Waals surface area contributed by atoms with Gasteiger partial charge in [-0.05, 0) is 67.2 Å². The molecule has 4 heteroatoms. The molecule has 1 aliphatic rings. The minimum absolute atomic E-state index is 0.331. The van der Waals surface area contributed by atoms with Crippen molar-refractivity contribution in [1.29, 1.82) is 5.26 Å². The number of benzene rings is 2. The molecular weight excluding hydrogens is 294 g/mol. The third-order valence-corrected chi connectivity index (χ3v) is 4.62. The van der Waals surface area contributed by atoms with E-state index in [0.29, 0.717) is 12.3 Å². The second kappa shape index (κ2) is 6.47. The summed E-state index contributed by atoms with van der Waals surface area (Å²) in [7, 11) is 0. The van der Waals surface area contributed by atoms with Crippen LogP contribution in [0.4, 0.5) is 8.78 Å². The molecule has 0 aliphatic carbocycles. The molecule has 0 spiro atoms. The van der Waals surface area contributed by atoms with Crippen molar-refractivity contribution in [2.24, 2.45) is 5.92 Å². The molecule has 2 aromatic rings. The second-order valence-corrected chi connectivity index (χ2v) is 6.09. The Kier molecular flexibility index (Phi) is 4.40. The van der Waals surface area contributed by atoms with Gasteiger partial charge >= 0.3 is 0 Å². The van der Waals surface area contributed by atoms with Crippen LogP contribution in [0.2, 0.25) is 0 Å². The first-order chi connectivity index (χ1) is 11.1. The fraction of sp³-hybridized carbons (Fsp3) is 0.316. The molecule has 1 saturated heterocycles. The number of hydrogen-bond donors (Lipinski definition) is 1. The minimum atomic E-state index is -0.891. The van der Waals surface area contributed by atoms with Gasteiger partial charge in [0.25, 0.3) is 0 Å². The van der Waals surface area contributed by atoms with Crippen molar-refractivity contribution in [3.8, 4) is 6.07 Å². The number of nitrogens with one attached hydrogen (secondary N) is 1. The summed E-state index contributed by atoms with van der Waals surface area (Å²) >= 11 is 0. The Balaban J connectivity index is 2.08. The van der Waals surface area contributed by atoms with Crippen LogP contribution in [0.1, 0.15) is 24.0 Å². The average Bonchev–Trinajstić information content (AvgIpc) is 3.07. The number of nitriles is 1. The van der Waals surface area contributed by atoms with Gasteiger partial charge in [0, 0.05) is 0 Å². The van der Waals surface area contributed by atoms with Crippen LogP contribution in [0, 0.1) is 28.9 Å². The van der Waals surface area contributed by atoms with Crippen molar-refractivity contribution in [3.05, 3.63) is 71.3 Å². The Morgan fingerprint density at radius 2 is 1.52 bits per heavy atom. The number of rotatable bonds is 4. The predicted octanol–water partition coefficient (Wildman–Crippen LogP) is 3.77. The Morgan fingerprint density at radius 1 is 1.00 bits per heavy atom. The molecule has 2 aromatic carbocycles. The zero-order valence-corrected chi connectivity index (χ0v) is 12.7. The Morgan fingerprint density at radius 3 is 1.91 bits per heavy atom. The van der Waals surface area contributed by atoms with Crippen molar-refractivity contribution >= 4 is 0 Å². The van der Waals surface area contributed by atoms with Gasteiger partial charge in [0.15, 0.2) is 0 Å². The molecule has 1 unspecified atom stereocenters. The van der Waals surface area contributed by atoms with Crippen molar-refractivity contribution in [2.75, 3.05) is 13.1 Å². The Bertz CT molecular complexity index is 650. The molecule has 1 heterocycles. The van der Waals surface area contributed by atoms with E-state index in [-0.39, 0.29) is 11.6 Å². The van der Waals surface area contributed by atoms with Gasteiger partial charge in [-0.3, -0.25) is 0 Å². The van der Waals surface area contributed by atoms with E-state index in [2.05, 4.69) is 11.4 Å². The first kappa shape index (κ1) is 15.6. The third kappa shape index (κ3) is 3.11. The zero-order valence-electron chi connectivity index (χ0n) is 12.7. The lowest BCUT2D eigenvalue weighted by atomic mass is 9.70. The fourth-order valence-electron chi connectivity index (χ4n) is 3.37. The predicted molar refractivity (Wildman–Crippen MR) is 84.8 cm³/mol. The topological polar surface area (TPSA) is 35.8 Å². The number of nitrogens with zero attached hydrogens (tertiary/aromatic N) is 1. The zero-order chi connectivity index (χ0) is 16.3. The standard InChI is InChI=1S/C19H18F2N2/c20-17-5-1-15(2-6-17)19(13-22,11-14-9-10-23-12-14)16-3-7-18(21)8-4-16/h1-8,14,23H,9-12H2. The summed E-state index contributed by atoms with van der Waals surface area (Å²) in [6.07, 6.45) is 1.64. The van der Waals surface area contributed by atoms with Gasteiger partial charge in [0.05, 0.1) is 6.07 Å². The molecule has 0 saturated carbocycles. The normalized spacial score (nSPS) is 17.9. The van der Waals surface area contributed by atoms with E-state index >= 15 is 0 Å².